The maximum absolute atomic E-state index is 12.5. The number of nitrogens with zero attached hydrogens (tertiary/aromatic N) is 3. The van der Waals surface area contributed by atoms with Crippen LogP contribution in [0.15, 0.2) is 11.7 Å². The second-order valence-electron chi connectivity index (χ2n) is 15.6. The summed E-state index contributed by atoms with van der Waals surface area (Å²) in [5.74, 6) is 1.17. The lowest BCUT2D eigenvalue weighted by atomic mass is 10.0. The Bertz CT molecular complexity index is 1290. The largest absolute Gasteiger partial charge is 0.399 e. The van der Waals surface area contributed by atoms with Gasteiger partial charge in [0.2, 0.25) is 5.51 Å². The van der Waals surface area contributed by atoms with Crippen molar-refractivity contribution in [1.29, 1.82) is 0 Å². The monoisotopic (exact) mass is 794 g/mol. The molecule has 312 valence electrons. The highest BCUT2D eigenvalue weighted by Gasteiger charge is 2.22. The number of rotatable bonds is 38. The van der Waals surface area contributed by atoms with Crippen LogP contribution < -0.4 is 10.3 Å². The Hall–Kier alpha value is -1.62. The van der Waals surface area contributed by atoms with Crippen molar-refractivity contribution < 1.29 is 21.4 Å². The van der Waals surface area contributed by atoms with Crippen LogP contribution in [-0.2, 0) is 38.2 Å². The molecule has 0 saturated carbocycles. The van der Waals surface area contributed by atoms with E-state index in [0.29, 0.717) is 24.6 Å². The molecule has 0 atom stereocenters. The number of anilines is 1. The molecule has 2 heterocycles. The van der Waals surface area contributed by atoms with Crippen molar-refractivity contribution in [3.05, 3.63) is 33.7 Å². The molecular weight excluding hydrogens is 713 g/mol. The molecule has 0 aromatic carbocycles. The van der Waals surface area contributed by atoms with Crippen molar-refractivity contribution in [3.63, 3.8) is 0 Å². The Morgan fingerprint density at radius 3 is 1.50 bits per heavy atom. The van der Waals surface area contributed by atoms with E-state index in [1.807, 2.05) is 13.1 Å². The molecule has 2 aromatic rings. The van der Waals surface area contributed by atoms with Crippen molar-refractivity contribution >= 4 is 27.6 Å². The summed E-state index contributed by atoms with van der Waals surface area (Å²) in [5.41, 5.74) is 10.5. The summed E-state index contributed by atoms with van der Waals surface area (Å²) in [6.45, 7) is 7.24. The molecule has 0 aliphatic carbocycles. The first-order valence-corrected chi connectivity index (χ1v) is 24.7. The summed E-state index contributed by atoms with van der Waals surface area (Å²) in [6, 6.07) is 0. The minimum absolute atomic E-state index is 0.0726. The Morgan fingerprint density at radius 1 is 0.611 bits per heavy atom. The molecule has 0 bridgehead atoms. The molecule has 54 heavy (non-hydrogen) atoms. The van der Waals surface area contributed by atoms with Crippen molar-refractivity contribution in [1.82, 2.24) is 9.97 Å². The van der Waals surface area contributed by atoms with Crippen LogP contribution in [0.2, 0.25) is 0 Å². The number of aromatic nitrogens is 3. The van der Waals surface area contributed by atoms with E-state index in [1.165, 1.54) is 166 Å². The van der Waals surface area contributed by atoms with Gasteiger partial charge in [-0.1, -0.05) is 199 Å². The lowest BCUT2D eigenvalue weighted by Gasteiger charge is -2.07. The van der Waals surface area contributed by atoms with Crippen LogP contribution in [0.5, 0.6) is 0 Å². The van der Waals surface area contributed by atoms with E-state index in [4.69, 9.17) is 14.1 Å². The highest BCUT2D eigenvalue weighted by atomic mass is 32.3. The molecule has 0 aliphatic rings. The van der Waals surface area contributed by atoms with Gasteiger partial charge in [0.15, 0.2) is 12.2 Å². The predicted octanol–water partition coefficient (Wildman–Crippen LogP) is 12.5. The van der Waals surface area contributed by atoms with Crippen LogP contribution in [-0.4, -0.2) is 31.6 Å². The number of nitrogens with two attached hydrogens (primary N) is 1. The summed E-state index contributed by atoms with van der Waals surface area (Å²) in [7, 11) is -4.01. The SMILES string of the molecule is CCCCCCCCCCCCCCCCCc1c(CCOS(=O)(=O)OCCCCCCCCCCCCCCCC)sc[n+]1Cc1cnc(C)nc1N. The van der Waals surface area contributed by atoms with Crippen LogP contribution in [0.4, 0.5) is 5.82 Å². The number of unbranched alkanes of at least 4 members (excludes halogenated alkanes) is 27. The van der Waals surface area contributed by atoms with Gasteiger partial charge in [-0.25, -0.2) is 18.3 Å². The molecule has 2 rings (SSSR count). The van der Waals surface area contributed by atoms with Gasteiger partial charge in [-0.3, -0.25) is 0 Å². The zero-order valence-corrected chi connectivity index (χ0v) is 36.7. The summed E-state index contributed by atoms with van der Waals surface area (Å²) >= 11 is 1.65. The number of hydrogen-bond acceptors (Lipinski definition) is 8. The second kappa shape index (κ2) is 32.5. The first-order chi connectivity index (χ1) is 26.4. The van der Waals surface area contributed by atoms with Gasteiger partial charge in [-0.15, -0.1) is 0 Å². The molecule has 10 heteroatoms. The van der Waals surface area contributed by atoms with E-state index in [0.717, 1.165) is 42.5 Å². The summed E-state index contributed by atoms with van der Waals surface area (Å²) < 4.78 is 37.7. The third-order valence-corrected chi connectivity index (χ3v) is 12.6. The molecule has 2 aromatic heterocycles. The number of aryl methyl sites for hydroxylation is 1. The summed E-state index contributed by atoms with van der Waals surface area (Å²) in [4.78, 5) is 9.86. The molecule has 0 unspecified atom stereocenters. The van der Waals surface area contributed by atoms with Gasteiger partial charge in [0.1, 0.15) is 11.6 Å². The van der Waals surface area contributed by atoms with Crippen molar-refractivity contribution in [2.24, 2.45) is 0 Å². The highest BCUT2D eigenvalue weighted by Crippen LogP contribution is 2.20. The van der Waals surface area contributed by atoms with Gasteiger partial charge in [0, 0.05) is 19.0 Å². The zero-order chi connectivity index (χ0) is 39.0. The van der Waals surface area contributed by atoms with Gasteiger partial charge in [0.25, 0.3) is 0 Å². The van der Waals surface area contributed by atoms with Crippen LogP contribution >= 0.6 is 11.3 Å². The van der Waals surface area contributed by atoms with Gasteiger partial charge in [0.05, 0.1) is 23.7 Å². The fourth-order valence-corrected chi connectivity index (χ4v) is 8.94. The average molecular weight is 794 g/mol. The maximum Gasteiger partial charge on any atom is 0.399 e. The van der Waals surface area contributed by atoms with Crippen molar-refractivity contribution in [3.8, 4) is 0 Å². The lowest BCUT2D eigenvalue weighted by Crippen LogP contribution is -2.37. The highest BCUT2D eigenvalue weighted by molar-refractivity contribution is 7.81. The van der Waals surface area contributed by atoms with Gasteiger partial charge in [-0.2, -0.15) is 13.0 Å². The standard InChI is InChI=1S/C44H81N4O4S2/c1-4-6-8-10-12-14-16-18-20-21-23-25-27-29-31-33-42-43(53-39-48(42)38-41-37-46-40(3)47-44(41)45)34-36-52-54(49,50)51-35-32-30-28-26-24-22-19-17-15-13-11-9-7-5-2/h37,39H,4-36,38H2,1-3H3,(H2,45,46,47)/q+1. The quantitative estimate of drug-likeness (QED) is 0.0532. The van der Waals surface area contributed by atoms with Crippen LogP contribution in [0.1, 0.15) is 222 Å². The third-order valence-electron chi connectivity index (χ3n) is 10.6. The van der Waals surface area contributed by atoms with Crippen LogP contribution in [0, 0.1) is 6.92 Å². The normalized spacial score (nSPS) is 11.9. The molecular formula is C44H81N4O4S2+. The first-order valence-electron chi connectivity index (χ1n) is 22.5. The smallest absolute Gasteiger partial charge is 0.383 e. The maximum atomic E-state index is 12.5. The average Bonchev–Trinajstić information content (AvgIpc) is 3.53. The topological polar surface area (TPSA) is 108 Å². The summed E-state index contributed by atoms with van der Waals surface area (Å²) in [5, 5.41) is 0. The Balaban J connectivity index is 1.66. The molecule has 0 saturated heterocycles. The van der Waals surface area contributed by atoms with Gasteiger partial charge < -0.3 is 5.73 Å². The molecule has 2 N–H and O–H groups in total. The second-order valence-corrected chi connectivity index (χ2v) is 17.9. The van der Waals surface area contributed by atoms with E-state index in [1.54, 1.807) is 11.3 Å². The van der Waals surface area contributed by atoms with E-state index in [-0.39, 0.29) is 13.2 Å². The van der Waals surface area contributed by atoms with E-state index < -0.39 is 10.4 Å². The minimum Gasteiger partial charge on any atom is -0.383 e. The number of thiazole rings is 1. The van der Waals surface area contributed by atoms with E-state index in [9.17, 15) is 8.42 Å². The first kappa shape index (κ1) is 48.5. The Morgan fingerprint density at radius 2 is 1.04 bits per heavy atom. The van der Waals surface area contributed by atoms with Crippen molar-refractivity contribution in [2.45, 2.75) is 226 Å². The number of hydrogen-bond donors (Lipinski definition) is 1. The summed E-state index contributed by atoms with van der Waals surface area (Å²) in [6.07, 6.45) is 41.0. The Kier molecular flexibility index (Phi) is 29.2. The molecule has 0 aliphatic heterocycles. The lowest BCUT2D eigenvalue weighted by molar-refractivity contribution is -0.691. The molecule has 0 amide bonds. The van der Waals surface area contributed by atoms with Crippen LogP contribution in [0.3, 0.4) is 0 Å². The molecule has 0 radical (unpaired) electrons. The van der Waals surface area contributed by atoms with E-state index in [2.05, 4.69) is 33.9 Å². The molecule has 8 nitrogen and oxygen atoms in total. The van der Waals surface area contributed by atoms with Crippen molar-refractivity contribution in [2.75, 3.05) is 18.9 Å². The van der Waals surface area contributed by atoms with Crippen LogP contribution in [0.25, 0.3) is 0 Å². The van der Waals surface area contributed by atoms with E-state index >= 15 is 0 Å². The fraction of sp³-hybridized carbons (Fsp3) is 0.841. The zero-order valence-electron chi connectivity index (χ0n) is 35.1. The molecule has 0 spiro atoms. The molecule has 0 fully saturated rings. The van der Waals surface area contributed by atoms with Gasteiger partial charge >= 0.3 is 10.4 Å². The predicted molar refractivity (Wildman–Crippen MR) is 228 cm³/mol. The van der Waals surface area contributed by atoms with Gasteiger partial charge in [-0.05, 0) is 19.8 Å². The Labute approximate surface area is 336 Å². The number of nitrogen functional groups attached to an aromatic ring is 1. The third kappa shape index (κ3) is 24.8. The fourth-order valence-electron chi connectivity index (χ4n) is 7.25. The minimum atomic E-state index is -4.01.